The van der Waals surface area contributed by atoms with Crippen molar-refractivity contribution in [3.05, 3.63) is 35.5 Å². The van der Waals surface area contributed by atoms with Crippen molar-refractivity contribution < 1.29 is 9.90 Å². The zero-order chi connectivity index (χ0) is 16.5. The smallest absolute Gasteiger partial charge is 0.326 e. The second-order valence-corrected chi connectivity index (χ2v) is 7.82. The van der Waals surface area contributed by atoms with Gasteiger partial charge in [0.25, 0.3) is 0 Å². The van der Waals surface area contributed by atoms with E-state index in [9.17, 15) is 9.90 Å². The first kappa shape index (κ1) is 14.5. The minimum Gasteiger partial charge on any atom is -0.480 e. The number of fused-ring (bicyclic) bond motifs is 3. The molecule has 0 unspecified atom stereocenters. The molecule has 126 valence electrons. The molecule has 0 radical (unpaired) electrons. The number of carboxylic acid groups (broad SMARTS) is 1. The van der Waals surface area contributed by atoms with E-state index in [2.05, 4.69) is 34.6 Å². The maximum atomic E-state index is 12.2. The number of aliphatic carboxylic acids is 1. The van der Waals surface area contributed by atoms with Crippen molar-refractivity contribution in [3.63, 3.8) is 0 Å². The summed E-state index contributed by atoms with van der Waals surface area (Å²) >= 11 is 0. The van der Waals surface area contributed by atoms with E-state index in [1.807, 2.05) is 6.07 Å². The van der Waals surface area contributed by atoms with Crippen molar-refractivity contribution in [2.75, 3.05) is 13.1 Å². The zero-order valence-electron chi connectivity index (χ0n) is 14.2. The summed E-state index contributed by atoms with van der Waals surface area (Å²) in [6, 6.07) is 8.39. The quantitative estimate of drug-likeness (QED) is 0.915. The van der Waals surface area contributed by atoms with Crippen LogP contribution in [0.4, 0.5) is 0 Å². The first-order valence-corrected chi connectivity index (χ1v) is 9.25. The topological polar surface area (TPSA) is 45.5 Å². The van der Waals surface area contributed by atoms with E-state index in [0.29, 0.717) is 6.04 Å². The summed E-state index contributed by atoms with van der Waals surface area (Å²) in [6.45, 7) is 4.53. The van der Waals surface area contributed by atoms with Crippen molar-refractivity contribution in [2.24, 2.45) is 5.41 Å². The van der Waals surface area contributed by atoms with Crippen LogP contribution < -0.4 is 0 Å². The van der Waals surface area contributed by atoms with Crippen LogP contribution in [0.1, 0.15) is 55.9 Å². The lowest BCUT2D eigenvalue weighted by molar-refractivity contribution is -0.145. The van der Waals surface area contributed by atoms with Gasteiger partial charge in [-0.3, -0.25) is 4.90 Å². The summed E-state index contributed by atoms with van der Waals surface area (Å²) in [5.74, 6) is -0.674. The molecule has 1 N–H and O–H groups in total. The van der Waals surface area contributed by atoms with Gasteiger partial charge in [0.15, 0.2) is 0 Å². The van der Waals surface area contributed by atoms with Gasteiger partial charge in [0.2, 0.25) is 0 Å². The van der Waals surface area contributed by atoms with Gasteiger partial charge in [-0.25, -0.2) is 4.79 Å². The molecule has 24 heavy (non-hydrogen) atoms. The lowest BCUT2D eigenvalue weighted by Gasteiger charge is -2.56. The molecule has 0 amide bonds. The summed E-state index contributed by atoms with van der Waals surface area (Å²) in [4.78, 5) is 14.8. The fourth-order valence-corrected chi connectivity index (χ4v) is 5.90. The van der Waals surface area contributed by atoms with Crippen molar-refractivity contribution in [3.8, 4) is 0 Å². The first-order chi connectivity index (χ1) is 11.7. The molecule has 1 aromatic carbocycles. The van der Waals surface area contributed by atoms with E-state index in [1.165, 1.54) is 23.1 Å². The largest absolute Gasteiger partial charge is 0.480 e. The summed E-state index contributed by atoms with van der Waals surface area (Å²) in [6.07, 6.45) is 5.25. The van der Waals surface area contributed by atoms with Crippen LogP contribution >= 0.6 is 0 Å². The standard InChI is InChI=1S/C20H24N2O2/c1-2-20-9-5-10-21-11-8-14-13-6-3-4-7-15(13)22(17(14)18(20)21)16(12-20)19(23)24/h3-4,6-7,16,18H,2,5,8-12H2,1H3,(H,23,24)/t16-,18-,20+/m1/s1. The Morgan fingerprint density at radius 1 is 1.33 bits per heavy atom. The molecule has 3 atom stereocenters. The van der Waals surface area contributed by atoms with Gasteiger partial charge in [-0.05, 0) is 55.7 Å². The van der Waals surface area contributed by atoms with E-state index >= 15 is 0 Å². The van der Waals surface area contributed by atoms with Crippen LogP contribution in [0.2, 0.25) is 0 Å². The zero-order valence-corrected chi connectivity index (χ0v) is 14.2. The van der Waals surface area contributed by atoms with Crippen molar-refractivity contribution in [1.29, 1.82) is 0 Å². The highest BCUT2D eigenvalue weighted by molar-refractivity contribution is 5.88. The molecule has 1 fully saturated rings. The molecule has 2 aromatic rings. The number of benzene rings is 1. The third-order valence-corrected chi connectivity index (χ3v) is 6.93. The van der Waals surface area contributed by atoms with Gasteiger partial charge in [0, 0.05) is 23.1 Å². The fourth-order valence-electron chi connectivity index (χ4n) is 5.90. The monoisotopic (exact) mass is 324 g/mol. The highest BCUT2D eigenvalue weighted by atomic mass is 16.4. The Morgan fingerprint density at radius 3 is 2.96 bits per heavy atom. The molecule has 3 aliphatic rings. The number of piperidine rings is 1. The molecule has 4 heteroatoms. The highest BCUT2D eigenvalue weighted by Crippen LogP contribution is 2.59. The molecule has 5 rings (SSSR count). The summed E-state index contributed by atoms with van der Waals surface area (Å²) < 4.78 is 2.18. The second-order valence-electron chi connectivity index (χ2n) is 7.82. The molecule has 1 saturated heterocycles. The molecule has 0 saturated carbocycles. The maximum absolute atomic E-state index is 12.2. The van der Waals surface area contributed by atoms with Crippen LogP contribution in [-0.2, 0) is 11.2 Å². The van der Waals surface area contributed by atoms with E-state index in [0.717, 1.165) is 44.3 Å². The number of para-hydroxylation sites is 1. The lowest BCUT2D eigenvalue weighted by atomic mass is 9.63. The molecular formula is C20H24N2O2. The predicted molar refractivity (Wildman–Crippen MR) is 93.2 cm³/mol. The Balaban J connectivity index is 1.87. The predicted octanol–water partition coefficient (Wildman–Crippen LogP) is 3.76. The van der Waals surface area contributed by atoms with E-state index in [-0.39, 0.29) is 5.41 Å². The number of aromatic nitrogens is 1. The molecule has 0 aliphatic carbocycles. The lowest BCUT2D eigenvalue weighted by Crippen LogP contribution is -2.53. The molecule has 1 aromatic heterocycles. The minimum absolute atomic E-state index is 0.126. The summed E-state index contributed by atoms with van der Waals surface area (Å²) in [7, 11) is 0. The molecule has 0 spiro atoms. The van der Waals surface area contributed by atoms with E-state index in [4.69, 9.17) is 0 Å². The van der Waals surface area contributed by atoms with Crippen molar-refractivity contribution in [2.45, 2.75) is 51.1 Å². The molecule has 4 nitrogen and oxygen atoms in total. The summed E-state index contributed by atoms with van der Waals surface area (Å²) in [5.41, 5.74) is 3.98. The number of hydrogen-bond acceptors (Lipinski definition) is 2. The number of nitrogens with zero attached hydrogens (tertiary/aromatic N) is 2. The maximum Gasteiger partial charge on any atom is 0.326 e. The van der Waals surface area contributed by atoms with Gasteiger partial charge in [-0.1, -0.05) is 25.1 Å². The van der Waals surface area contributed by atoms with Gasteiger partial charge in [-0.2, -0.15) is 0 Å². The average molecular weight is 324 g/mol. The molecule has 3 aliphatic heterocycles. The Morgan fingerprint density at radius 2 is 2.17 bits per heavy atom. The van der Waals surface area contributed by atoms with Crippen LogP contribution in [0.3, 0.4) is 0 Å². The fraction of sp³-hybridized carbons (Fsp3) is 0.550. The highest BCUT2D eigenvalue weighted by Gasteiger charge is 2.54. The Bertz CT molecular complexity index is 840. The van der Waals surface area contributed by atoms with Gasteiger partial charge >= 0.3 is 5.97 Å². The van der Waals surface area contributed by atoms with Crippen molar-refractivity contribution >= 4 is 16.9 Å². The van der Waals surface area contributed by atoms with Gasteiger partial charge in [-0.15, -0.1) is 0 Å². The normalized spacial score (nSPS) is 31.9. The molecule has 0 bridgehead atoms. The van der Waals surface area contributed by atoms with Crippen LogP contribution in [-0.4, -0.2) is 33.6 Å². The number of carboxylic acids is 1. The summed E-state index contributed by atoms with van der Waals surface area (Å²) in [5, 5.41) is 11.3. The SMILES string of the molecule is CC[C@]12CCCN3CCc4c(n(c5ccccc45)[C@@H](C(=O)O)C1)[C@@H]32. The molecule has 4 heterocycles. The van der Waals surface area contributed by atoms with Crippen LogP contribution in [0.25, 0.3) is 10.9 Å². The van der Waals surface area contributed by atoms with Crippen LogP contribution in [0, 0.1) is 5.41 Å². The molecular weight excluding hydrogens is 300 g/mol. The van der Waals surface area contributed by atoms with Gasteiger partial charge in [0.05, 0.1) is 6.04 Å². The van der Waals surface area contributed by atoms with Crippen LogP contribution in [0.5, 0.6) is 0 Å². The average Bonchev–Trinajstić information content (AvgIpc) is 2.95. The second kappa shape index (κ2) is 4.85. The van der Waals surface area contributed by atoms with Gasteiger partial charge in [0.1, 0.15) is 6.04 Å². The van der Waals surface area contributed by atoms with E-state index in [1.54, 1.807) is 0 Å². The minimum atomic E-state index is -0.674. The van der Waals surface area contributed by atoms with E-state index < -0.39 is 12.0 Å². The van der Waals surface area contributed by atoms with Crippen molar-refractivity contribution in [1.82, 2.24) is 9.47 Å². The number of rotatable bonds is 2. The third kappa shape index (κ3) is 1.65. The Labute approximate surface area is 142 Å². The third-order valence-electron chi connectivity index (χ3n) is 6.93. The van der Waals surface area contributed by atoms with Crippen LogP contribution in [0.15, 0.2) is 24.3 Å². The number of hydrogen-bond donors (Lipinski definition) is 1. The first-order valence-electron chi connectivity index (χ1n) is 9.25. The number of carbonyl (C=O) groups is 1. The Hall–Kier alpha value is -1.81. The van der Waals surface area contributed by atoms with Gasteiger partial charge < -0.3 is 9.67 Å². The Kier molecular flexibility index (Phi) is 2.94.